The van der Waals surface area contributed by atoms with Gasteiger partial charge in [-0.25, -0.2) is 8.42 Å². The number of sulfonamides is 1. The number of nitrogens with zero attached hydrogens (tertiary/aromatic N) is 2. The van der Waals surface area contributed by atoms with Gasteiger partial charge in [0.1, 0.15) is 0 Å². The Balaban J connectivity index is 1.89. The molecule has 1 aliphatic rings. The van der Waals surface area contributed by atoms with Crippen molar-refractivity contribution in [2.24, 2.45) is 0 Å². The summed E-state index contributed by atoms with van der Waals surface area (Å²) >= 11 is 0. The van der Waals surface area contributed by atoms with Crippen LogP contribution in [0, 0.1) is 6.92 Å². The maximum Gasteiger partial charge on any atom is 0.254 e. The van der Waals surface area contributed by atoms with E-state index in [2.05, 4.69) is 0 Å². The van der Waals surface area contributed by atoms with Gasteiger partial charge in [0.2, 0.25) is 10.0 Å². The largest absolute Gasteiger partial charge is 0.335 e. The van der Waals surface area contributed by atoms with Crippen LogP contribution in [-0.2, 0) is 10.0 Å². The average molecular weight is 401 g/mol. The molecule has 0 aromatic heterocycles. The zero-order valence-corrected chi connectivity index (χ0v) is 17.6. The summed E-state index contributed by atoms with van der Waals surface area (Å²) in [5.74, 6) is -0.188. The Labute approximate surface area is 168 Å². The maximum atomic E-state index is 13.1. The summed E-state index contributed by atoms with van der Waals surface area (Å²) in [5, 5.41) is 0. The second kappa shape index (κ2) is 8.45. The van der Waals surface area contributed by atoms with Gasteiger partial charge < -0.3 is 4.90 Å². The Morgan fingerprint density at radius 3 is 2.32 bits per heavy atom. The van der Waals surface area contributed by atoms with E-state index in [0.29, 0.717) is 24.2 Å². The third kappa shape index (κ3) is 4.13. The van der Waals surface area contributed by atoms with Crippen LogP contribution in [0.15, 0.2) is 53.4 Å². The van der Waals surface area contributed by atoms with Crippen LogP contribution in [0.2, 0.25) is 0 Å². The first-order valence-corrected chi connectivity index (χ1v) is 11.2. The molecule has 1 heterocycles. The summed E-state index contributed by atoms with van der Waals surface area (Å²) in [7, 11) is -1.84. The topological polar surface area (TPSA) is 57.7 Å². The van der Waals surface area contributed by atoms with Gasteiger partial charge in [0.25, 0.3) is 5.91 Å². The molecule has 6 heteroatoms. The number of rotatable bonds is 5. The van der Waals surface area contributed by atoms with Crippen molar-refractivity contribution in [3.63, 3.8) is 0 Å². The summed E-state index contributed by atoms with van der Waals surface area (Å²) in [6.45, 7) is 4.84. The predicted molar refractivity (Wildman–Crippen MR) is 111 cm³/mol. The van der Waals surface area contributed by atoms with Gasteiger partial charge in [0, 0.05) is 25.7 Å². The van der Waals surface area contributed by atoms with E-state index in [1.807, 2.05) is 37.3 Å². The minimum atomic E-state index is -3.58. The molecule has 0 unspecified atom stereocenters. The molecule has 0 bridgehead atoms. The molecule has 1 fully saturated rings. The van der Waals surface area contributed by atoms with Gasteiger partial charge in [0.05, 0.1) is 10.9 Å². The second-order valence-corrected chi connectivity index (χ2v) is 9.35. The molecule has 1 atom stereocenters. The van der Waals surface area contributed by atoms with Crippen LogP contribution in [-0.4, -0.2) is 43.7 Å². The van der Waals surface area contributed by atoms with Gasteiger partial charge in [-0.1, -0.05) is 42.8 Å². The van der Waals surface area contributed by atoms with E-state index in [1.165, 1.54) is 6.07 Å². The molecule has 1 saturated heterocycles. The number of benzene rings is 2. The Bertz CT molecular complexity index is 936. The Kier molecular flexibility index (Phi) is 6.20. The molecule has 0 aliphatic carbocycles. The highest BCUT2D eigenvalue weighted by molar-refractivity contribution is 7.89. The molecule has 150 valence electrons. The van der Waals surface area contributed by atoms with Gasteiger partial charge in [-0.3, -0.25) is 4.79 Å². The lowest BCUT2D eigenvalue weighted by Gasteiger charge is -2.28. The van der Waals surface area contributed by atoms with E-state index in [9.17, 15) is 13.2 Å². The number of piperidine rings is 1. The fourth-order valence-electron chi connectivity index (χ4n) is 3.59. The first-order valence-electron chi connectivity index (χ1n) is 9.75. The van der Waals surface area contributed by atoms with E-state index in [4.69, 9.17) is 0 Å². The molecular formula is C22H28N2O3S. The monoisotopic (exact) mass is 400 g/mol. The number of aryl methyl sites for hydroxylation is 1. The Hall–Kier alpha value is -2.18. The Morgan fingerprint density at radius 1 is 1.04 bits per heavy atom. The third-order valence-electron chi connectivity index (χ3n) is 5.55. The van der Waals surface area contributed by atoms with Crippen LogP contribution in [0.3, 0.4) is 0 Å². The number of carbonyl (C=O) groups is 1. The van der Waals surface area contributed by atoms with E-state index < -0.39 is 10.0 Å². The van der Waals surface area contributed by atoms with Crippen molar-refractivity contribution >= 4 is 15.9 Å². The van der Waals surface area contributed by atoms with Crippen molar-refractivity contribution in [1.82, 2.24) is 9.21 Å². The number of carbonyl (C=O) groups excluding carboxylic acids is 1. The van der Waals surface area contributed by atoms with E-state index >= 15 is 0 Å². The zero-order valence-electron chi connectivity index (χ0n) is 16.8. The highest BCUT2D eigenvalue weighted by Crippen LogP contribution is 2.26. The highest BCUT2D eigenvalue weighted by atomic mass is 32.2. The molecule has 2 aromatic rings. The minimum absolute atomic E-state index is 0.114. The molecule has 1 amide bonds. The summed E-state index contributed by atoms with van der Waals surface area (Å²) in [6.07, 6.45) is 2.83. The van der Waals surface area contributed by atoms with Crippen molar-refractivity contribution in [2.45, 2.75) is 44.0 Å². The van der Waals surface area contributed by atoms with Crippen LogP contribution in [0.4, 0.5) is 0 Å². The van der Waals surface area contributed by atoms with E-state index in [1.54, 1.807) is 35.3 Å². The summed E-state index contributed by atoms with van der Waals surface area (Å²) < 4.78 is 27.8. The standard InChI is InChI=1S/C22H28N2O3S/c1-17-12-13-20(16-21(17)28(26,27)24-14-8-5-9-15-24)22(25)23(3)18(2)19-10-6-4-7-11-19/h4,6-7,10-13,16,18H,5,8-9,14-15H2,1-3H3/t18-/m0/s1. The van der Waals surface area contributed by atoms with Crippen molar-refractivity contribution in [1.29, 1.82) is 0 Å². The van der Waals surface area contributed by atoms with Crippen LogP contribution < -0.4 is 0 Å². The van der Waals surface area contributed by atoms with Gasteiger partial charge in [-0.2, -0.15) is 4.31 Å². The molecule has 1 aliphatic heterocycles. The van der Waals surface area contributed by atoms with Crippen molar-refractivity contribution in [3.8, 4) is 0 Å². The second-order valence-electron chi connectivity index (χ2n) is 7.45. The first-order chi connectivity index (χ1) is 13.3. The number of amides is 1. The third-order valence-corrected chi connectivity index (χ3v) is 7.59. The maximum absolute atomic E-state index is 13.1. The molecule has 0 saturated carbocycles. The molecule has 2 aromatic carbocycles. The van der Waals surface area contributed by atoms with Gasteiger partial charge in [-0.05, 0) is 49.9 Å². The van der Waals surface area contributed by atoms with Crippen molar-refractivity contribution in [3.05, 3.63) is 65.2 Å². The van der Waals surface area contributed by atoms with Crippen LogP contribution in [0.1, 0.15) is 53.7 Å². The molecule has 28 heavy (non-hydrogen) atoms. The van der Waals surface area contributed by atoms with Gasteiger partial charge >= 0.3 is 0 Å². The number of hydrogen-bond donors (Lipinski definition) is 0. The van der Waals surface area contributed by atoms with E-state index in [0.717, 1.165) is 24.8 Å². The summed E-state index contributed by atoms with van der Waals surface area (Å²) in [5.41, 5.74) is 2.10. The normalized spacial score (nSPS) is 16.5. The lowest BCUT2D eigenvalue weighted by Crippen LogP contribution is -2.36. The predicted octanol–water partition coefficient (Wildman–Crippen LogP) is 4.00. The zero-order chi connectivity index (χ0) is 20.3. The molecule has 0 spiro atoms. The molecular weight excluding hydrogens is 372 g/mol. The van der Waals surface area contributed by atoms with Gasteiger partial charge in [-0.15, -0.1) is 0 Å². The average Bonchev–Trinajstić information content (AvgIpc) is 2.73. The summed E-state index contributed by atoms with van der Waals surface area (Å²) in [6, 6.07) is 14.7. The smallest absolute Gasteiger partial charge is 0.254 e. The summed E-state index contributed by atoms with van der Waals surface area (Å²) in [4.78, 5) is 14.9. The van der Waals surface area contributed by atoms with Gasteiger partial charge in [0.15, 0.2) is 0 Å². The lowest BCUT2D eigenvalue weighted by molar-refractivity contribution is 0.0742. The number of hydrogen-bond acceptors (Lipinski definition) is 3. The molecule has 3 rings (SSSR count). The fourth-order valence-corrected chi connectivity index (χ4v) is 5.36. The highest BCUT2D eigenvalue weighted by Gasteiger charge is 2.29. The molecule has 5 nitrogen and oxygen atoms in total. The van der Waals surface area contributed by atoms with E-state index in [-0.39, 0.29) is 16.8 Å². The molecule has 0 N–H and O–H groups in total. The van der Waals surface area contributed by atoms with Crippen LogP contribution >= 0.6 is 0 Å². The minimum Gasteiger partial charge on any atom is -0.335 e. The quantitative estimate of drug-likeness (QED) is 0.762. The SMILES string of the molecule is Cc1ccc(C(=O)N(C)[C@@H](C)c2ccccc2)cc1S(=O)(=O)N1CCCCC1. The molecule has 0 radical (unpaired) electrons. The lowest BCUT2D eigenvalue weighted by atomic mass is 10.1. The van der Waals surface area contributed by atoms with Crippen LogP contribution in [0.25, 0.3) is 0 Å². The van der Waals surface area contributed by atoms with Crippen molar-refractivity contribution in [2.75, 3.05) is 20.1 Å². The van der Waals surface area contributed by atoms with Crippen LogP contribution in [0.5, 0.6) is 0 Å². The first kappa shape index (κ1) is 20.6. The fraction of sp³-hybridized carbons (Fsp3) is 0.409. The Morgan fingerprint density at radius 2 is 1.68 bits per heavy atom. The van der Waals surface area contributed by atoms with Crippen molar-refractivity contribution < 1.29 is 13.2 Å².